The molecule has 0 aromatic rings. The minimum Gasteiger partial charge on any atom is -0.320 e. The van der Waals surface area contributed by atoms with Crippen molar-refractivity contribution in [2.45, 2.75) is 64.2 Å². The van der Waals surface area contributed by atoms with Gasteiger partial charge in [-0.15, -0.1) is 0 Å². The molecule has 0 aromatic carbocycles. The molecule has 0 unspecified atom stereocenters. The maximum atomic E-state index is 12.4. The highest BCUT2D eigenvalue weighted by Crippen LogP contribution is 2.24. The average Bonchev–Trinajstić information content (AvgIpc) is 2.67. The molecule has 2 aliphatic rings. The molecule has 1 heterocycles. The first-order chi connectivity index (χ1) is 12.6. The van der Waals surface area contributed by atoms with Crippen LogP contribution in [-0.4, -0.2) is 70.5 Å². The van der Waals surface area contributed by atoms with E-state index in [4.69, 9.17) is 0 Å². The Morgan fingerprint density at radius 3 is 2.19 bits per heavy atom. The topological polar surface area (TPSA) is 64.7 Å². The lowest BCUT2D eigenvalue weighted by Crippen LogP contribution is -2.44. The Balaban J connectivity index is 1.70. The Bertz CT molecular complexity index is 460. The van der Waals surface area contributed by atoms with E-state index in [1.165, 1.54) is 38.6 Å². The van der Waals surface area contributed by atoms with Crippen molar-refractivity contribution >= 4 is 10.2 Å². The van der Waals surface area contributed by atoms with Crippen LogP contribution in [0, 0.1) is 5.92 Å². The van der Waals surface area contributed by atoms with Gasteiger partial charge in [0.25, 0.3) is 10.2 Å². The van der Waals surface area contributed by atoms with E-state index < -0.39 is 10.2 Å². The largest absolute Gasteiger partial charge is 0.320 e. The highest BCUT2D eigenvalue weighted by atomic mass is 32.2. The van der Waals surface area contributed by atoms with Gasteiger partial charge in [0, 0.05) is 26.2 Å². The van der Waals surface area contributed by atoms with Crippen LogP contribution in [0.2, 0.25) is 0 Å². The molecule has 7 heteroatoms. The fourth-order valence-corrected chi connectivity index (χ4v) is 5.53. The summed E-state index contributed by atoms with van der Waals surface area (Å²) in [5.41, 5.74) is 0. The van der Waals surface area contributed by atoms with Gasteiger partial charge in [-0.2, -0.15) is 12.7 Å². The molecule has 1 aliphatic carbocycles. The second kappa shape index (κ2) is 12.3. The van der Waals surface area contributed by atoms with Crippen molar-refractivity contribution in [1.29, 1.82) is 0 Å². The van der Waals surface area contributed by atoms with E-state index >= 15 is 0 Å². The van der Waals surface area contributed by atoms with Crippen molar-refractivity contribution in [3.8, 4) is 0 Å². The van der Waals surface area contributed by atoms with Crippen molar-refractivity contribution in [1.82, 2.24) is 19.2 Å². The van der Waals surface area contributed by atoms with Crippen LogP contribution in [0.1, 0.15) is 64.2 Å². The first kappa shape index (κ1) is 22.1. The quantitative estimate of drug-likeness (QED) is 0.503. The zero-order valence-corrected chi connectivity index (χ0v) is 17.5. The second-order valence-corrected chi connectivity index (χ2v) is 9.73. The normalized spacial score (nSPS) is 20.7. The molecule has 0 aromatic heterocycles. The van der Waals surface area contributed by atoms with E-state index in [9.17, 15) is 8.42 Å². The maximum absolute atomic E-state index is 12.4. The van der Waals surface area contributed by atoms with E-state index in [0.29, 0.717) is 19.6 Å². The maximum Gasteiger partial charge on any atom is 0.279 e. The summed E-state index contributed by atoms with van der Waals surface area (Å²) in [6, 6.07) is 0. The third-order valence-corrected chi connectivity index (χ3v) is 7.35. The summed E-state index contributed by atoms with van der Waals surface area (Å²) >= 11 is 0. The predicted octanol–water partition coefficient (Wildman–Crippen LogP) is 2.19. The van der Waals surface area contributed by atoms with Gasteiger partial charge in [-0.05, 0) is 71.1 Å². The smallest absolute Gasteiger partial charge is 0.279 e. The predicted molar refractivity (Wildman–Crippen MR) is 109 cm³/mol. The molecule has 0 spiro atoms. The van der Waals surface area contributed by atoms with Crippen molar-refractivity contribution in [3.63, 3.8) is 0 Å². The van der Waals surface area contributed by atoms with Gasteiger partial charge in [0.2, 0.25) is 0 Å². The van der Waals surface area contributed by atoms with Gasteiger partial charge >= 0.3 is 0 Å². The summed E-state index contributed by atoms with van der Waals surface area (Å²) < 4.78 is 29.1. The summed E-state index contributed by atoms with van der Waals surface area (Å²) in [4.78, 5) is 2.56. The highest BCUT2D eigenvalue weighted by Gasteiger charge is 2.23. The van der Waals surface area contributed by atoms with Crippen LogP contribution in [0.4, 0.5) is 0 Å². The van der Waals surface area contributed by atoms with E-state index in [1.54, 1.807) is 4.31 Å². The van der Waals surface area contributed by atoms with Crippen molar-refractivity contribution < 1.29 is 8.42 Å². The minimum atomic E-state index is -3.27. The van der Waals surface area contributed by atoms with Crippen LogP contribution >= 0.6 is 0 Å². The number of nitrogens with zero attached hydrogens (tertiary/aromatic N) is 2. The third kappa shape index (κ3) is 8.21. The van der Waals surface area contributed by atoms with Crippen molar-refractivity contribution in [3.05, 3.63) is 0 Å². The number of hydrogen-bond acceptors (Lipinski definition) is 4. The molecule has 1 aliphatic heterocycles. The Hall–Kier alpha value is -0.210. The molecular formula is C19H40N4O2S. The summed E-state index contributed by atoms with van der Waals surface area (Å²) in [5, 5.41) is 3.23. The molecule has 26 heavy (non-hydrogen) atoms. The van der Waals surface area contributed by atoms with E-state index in [2.05, 4.69) is 14.9 Å². The molecular weight excluding hydrogens is 348 g/mol. The fraction of sp³-hybridized carbons (Fsp3) is 1.00. The third-order valence-electron chi connectivity index (χ3n) is 5.73. The summed E-state index contributed by atoms with van der Waals surface area (Å²) in [6.07, 6.45) is 12.1. The van der Waals surface area contributed by atoms with Crippen LogP contribution in [0.15, 0.2) is 0 Å². The first-order valence-corrected chi connectivity index (χ1v) is 12.2. The summed E-state index contributed by atoms with van der Waals surface area (Å²) in [7, 11) is -1.27. The molecule has 2 rings (SSSR count). The summed E-state index contributed by atoms with van der Waals surface area (Å²) in [5.74, 6) is 0.836. The Kier molecular flexibility index (Phi) is 10.4. The Morgan fingerprint density at radius 1 is 0.923 bits per heavy atom. The lowest BCUT2D eigenvalue weighted by atomic mass is 9.89. The summed E-state index contributed by atoms with van der Waals surface area (Å²) in [6.45, 7) is 6.22. The van der Waals surface area contributed by atoms with Gasteiger partial charge < -0.3 is 10.2 Å². The Morgan fingerprint density at radius 2 is 1.54 bits per heavy atom. The molecule has 1 saturated heterocycles. The zero-order chi connectivity index (χ0) is 18.7. The van der Waals surface area contributed by atoms with Crippen LogP contribution in [-0.2, 0) is 10.2 Å². The molecule has 0 atom stereocenters. The number of piperidine rings is 1. The van der Waals surface area contributed by atoms with Gasteiger partial charge in [-0.25, -0.2) is 4.72 Å². The lowest BCUT2D eigenvalue weighted by molar-refractivity contribution is 0.197. The van der Waals surface area contributed by atoms with E-state index in [-0.39, 0.29) is 0 Å². The highest BCUT2D eigenvalue weighted by molar-refractivity contribution is 7.87. The standard InChI is InChI=1S/C19H40N4O2S/c1-20-12-8-14-22(18-19-10-4-2-5-11-19)15-9-13-21-26(24,25)23-16-6-3-7-17-23/h19-21H,2-18H2,1H3. The monoisotopic (exact) mass is 388 g/mol. The molecule has 1 saturated carbocycles. The zero-order valence-electron chi connectivity index (χ0n) is 16.7. The van der Waals surface area contributed by atoms with E-state index in [0.717, 1.165) is 57.7 Å². The van der Waals surface area contributed by atoms with Crippen molar-refractivity contribution in [2.75, 3.05) is 52.9 Å². The Labute approximate surface area is 161 Å². The minimum absolute atomic E-state index is 0.548. The fourth-order valence-electron chi connectivity index (χ4n) is 4.21. The van der Waals surface area contributed by atoms with Gasteiger partial charge in [0.1, 0.15) is 0 Å². The van der Waals surface area contributed by atoms with Gasteiger partial charge in [0.05, 0.1) is 0 Å². The molecule has 6 nitrogen and oxygen atoms in total. The molecule has 2 fully saturated rings. The second-order valence-electron chi connectivity index (χ2n) is 7.97. The lowest BCUT2D eigenvalue weighted by Gasteiger charge is -2.30. The average molecular weight is 389 g/mol. The number of rotatable bonds is 12. The first-order valence-electron chi connectivity index (χ1n) is 10.7. The molecule has 2 N–H and O–H groups in total. The molecule has 154 valence electrons. The van der Waals surface area contributed by atoms with Gasteiger partial charge in [-0.3, -0.25) is 0 Å². The molecule has 0 amide bonds. The van der Waals surface area contributed by atoms with Crippen LogP contribution < -0.4 is 10.0 Å². The molecule has 0 radical (unpaired) electrons. The van der Waals surface area contributed by atoms with Crippen LogP contribution in [0.3, 0.4) is 0 Å². The number of nitrogens with one attached hydrogen (secondary N) is 2. The van der Waals surface area contributed by atoms with Gasteiger partial charge in [0.15, 0.2) is 0 Å². The number of hydrogen-bond donors (Lipinski definition) is 2. The molecule has 0 bridgehead atoms. The van der Waals surface area contributed by atoms with Crippen LogP contribution in [0.5, 0.6) is 0 Å². The van der Waals surface area contributed by atoms with Crippen LogP contribution in [0.25, 0.3) is 0 Å². The SMILES string of the molecule is CNCCCN(CCCNS(=O)(=O)N1CCCCC1)CC1CCCCC1. The van der Waals surface area contributed by atoms with Crippen molar-refractivity contribution in [2.24, 2.45) is 5.92 Å². The van der Waals surface area contributed by atoms with E-state index in [1.807, 2.05) is 7.05 Å². The van der Waals surface area contributed by atoms with Gasteiger partial charge in [-0.1, -0.05) is 25.7 Å².